The second-order valence-electron chi connectivity index (χ2n) is 5.90. The molecular weight excluding hydrogens is 288 g/mol. The Morgan fingerprint density at radius 2 is 1.76 bits per heavy atom. The minimum atomic E-state index is -0.191. The summed E-state index contributed by atoms with van der Waals surface area (Å²) in [6, 6.07) is 7.34. The average Bonchev–Trinajstić information content (AvgIpc) is 2.94. The predicted octanol–water partition coefficient (Wildman–Crippen LogP) is 2.01. The van der Waals surface area contributed by atoms with Crippen LogP contribution in [0.4, 0.5) is 0 Å². The second-order valence-corrected chi connectivity index (χ2v) is 6.34. The molecular formula is C16H21ClN2O2. The average molecular weight is 309 g/mol. The van der Waals surface area contributed by atoms with Gasteiger partial charge in [-0.05, 0) is 43.5 Å². The van der Waals surface area contributed by atoms with Crippen molar-refractivity contribution in [2.24, 2.45) is 0 Å². The van der Waals surface area contributed by atoms with Gasteiger partial charge in [-0.25, -0.2) is 0 Å². The van der Waals surface area contributed by atoms with E-state index in [4.69, 9.17) is 11.6 Å². The van der Waals surface area contributed by atoms with Crippen molar-refractivity contribution >= 4 is 17.5 Å². The number of piperazine rings is 1. The number of nitrogens with zero attached hydrogens (tertiary/aromatic N) is 2. The predicted molar refractivity (Wildman–Crippen MR) is 82.6 cm³/mol. The lowest BCUT2D eigenvalue weighted by atomic mass is 10.1. The van der Waals surface area contributed by atoms with E-state index in [1.54, 1.807) is 24.3 Å². The molecule has 4 nitrogen and oxygen atoms in total. The summed E-state index contributed by atoms with van der Waals surface area (Å²) in [4.78, 5) is 16.6. The highest BCUT2D eigenvalue weighted by molar-refractivity contribution is 6.30. The summed E-state index contributed by atoms with van der Waals surface area (Å²) in [5.74, 6) is 0.0679. The van der Waals surface area contributed by atoms with Crippen molar-refractivity contribution in [2.45, 2.75) is 31.4 Å². The molecule has 0 unspecified atom stereocenters. The summed E-state index contributed by atoms with van der Waals surface area (Å²) >= 11 is 5.85. The molecule has 0 radical (unpaired) electrons. The Hall–Kier alpha value is -1.10. The zero-order valence-electron chi connectivity index (χ0n) is 12.0. The number of halogens is 1. The highest BCUT2D eigenvalue weighted by Gasteiger charge is 2.33. The molecule has 1 saturated heterocycles. The summed E-state index contributed by atoms with van der Waals surface area (Å²) in [7, 11) is 0. The maximum Gasteiger partial charge on any atom is 0.253 e. The van der Waals surface area contributed by atoms with Gasteiger partial charge < -0.3 is 10.0 Å². The molecule has 0 aromatic heterocycles. The lowest BCUT2D eigenvalue weighted by Gasteiger charge is -2.39. The first-order valence-electron chi connectivity index (χ1n) is 7.62. The topological polar surface area (TPSA) is 43.8 Å². The van der Waals surface area contributed by atoms with Crippen molar-refractivity contribution < 1.29 is 9.90 Å². The quantitative estimate of drug-likeness (QED) is 0.909. The summed E-state index contributed by atoms with van der Waals surface area (Å²) in [5, 5.41) is 10.6. The van der Waals surface area contributed by atoms with Crippen LogP contribution in [0.3, 0.4) is 0 Å². The molecule has 114 valence electrons. The Morgan fingerprint density at radius 3 is 2.33 bits per heavy atom. The Balaban J connectivity index is 1.58. The van der Waals surface area contributed by atoms with Crippen LogP contribution in [-0.2, 0) is 0 Å². The smallest absolute Gasteiger partial charge is 0.253 e. The van der Waals surface area contributed by atoms with Crippen LogP contribution in [0.15, 0.2) is 24.3 Å². The monoisotopic (exact) mass is 308 g/mol. The Labute approximate surface area is 130 Å². The summed E-state index contributed by atoms with van der Waals surface area (Å²) in [6.45, 7) is 3.15. The van der Waals surface area contributed by atoms with Gasteiger partial charge >= 0.3 is 0 Å². The number of aliphatic hydroxyl groups is 1. The number of rotatable bonds is 2. The maximum atomic E-state index is 12.4. The second kappa shape index (κ2) is 6.34. The first-order valence-corrected chi connectivity index (χ1v) is 8.00. The van der Waals surface area contributed by atoms with Gasteiger partial charge in [0.15, 0.2) is 0 Å². The third kappa shape index (κ3) is 3.23. The van der Waals surface area contributed by atoms with E-state index in [9.17, 15) is 9.90 Å². The van der Waals surface area contributed by atoms with Crippen molar-refractivity contribution in [2.75, 3.05) is 26.2 Å². The summed E-state index contributed by atoms with van der Waals surface area (Å²) in [5.41, 5.74) is 0.689. The molecule has 2 atom stereocenters. The van der Waals surface area contributed by atoms with Gasteiger partial charge in [-0.1, -0.05) is 11.6 Å². The minimum Gasteiger partial charge on any atom is -0.391 e. The van der Waals surface area contributed by atoms with Gasteiger partial charge in [-0.15, -0.1) is 0 Å². The van der Waals surface area contributed by atoms with Crippen LogP contribution in [0.5, 0.6) is 0 Å². The van der Waals surface area contributed by atoms with Gasteiger partial charge in [-0.2, -0.15) is 0 Å². The van der Waals surface area contributed by atoms with Gasteiger partial charge in [0.2, 0.25) is 0 Å². The van der Waals surface area contributed by atoms with Gasteiger partial charge in [0.25, 0.3) is 5.91 Å². The van der Waals surface area contributed by atoms with Crippen LogP contribution in [0, 0.1) is 0 Å². The lowest BCUT2D eigenvalue weighted by Crippen LogP contribution is -2.53. The van der Waals surface area contributed by atoms with E-state index in [0.29, 0.717) is 10.6 Å². The number of carbonyl (C=O) groups excluding carboxylic acids is 1. The van der Waals surface area contributed by atoms with Gasteiger partial charge in [0, 0.05) is 42.8 Å². The fourth-order valence-corrected chi connectivity index (χ4v) is 3.50. The zero-order valence-corrected chi connectivity index (χ0v) is 12.8. The zero-order chi connectivity index (χ0) is 14.8. The number of hydrogen-bond donors (Lipinski definition) is 1. The standard InChI is InChI=1S/C16H21ClN2O2/c17-13-6-4-12(5-7-13)16(21)19-10-8-18(9-11-19)14-2-1-3-15(14)20/h4-7,14-15,20H,1-3,8-11H2/t14-,15-/m1/s1. The van der Waals surface area contributed by atoms with Crippen LogP contribution in [0.2, 0.25) is 5.02 Å². The van der Waals surface area contributed by atoms with E-state index in [-0.39, 0.29) is 18.1 Å². The molecule has 1 amide bonds. The first-order chi connectivity index (χ1) is 10.1. The molecule has 1 aromatic carbocycles. The molecule has 2 fully saturated rings. The third-order valence-corrected chi connectivity index (χ3v) is 4.86. The van der Waals surface area contributed by atoms with Crippen molar-refractivity contribution in [3.63, 3.8) is 0 Å². The van der Waals surface area contributed by atoms with E-state index in [2.05, 4.69) is 4.90 Å². The number of amides is 1. The third-order valence-electron chi connectivity index (χ3n) is 4.61. The Kier molecular flexibility index (Phi) is 4.48. The molecule has 1 aromatic rings. The highest BCUT2D eigenvalue weighted by Crippen LogP contribution is 2.25. The Bertz CT molecular complexity index is 498. The maximum absolute atomic E-state index is 12.4. The molecule has 0 spiro atoms. The molecule has 5 heteroatoms. The van der Waals surface area contributed by atoms with E-state index >= 15 is 0 Å². The lowest BCUT2D eigenvalue weighted by molar-refractivity contribution is 0.0315. The van der Waals surface area contributed by atoms with E-state index in [1.165, 1.54) is 0 Å². The molecule has 3 rings (SSSR count). The molecule has 1 heterocycles. The van der Waals surface area contributed by atoms with Crippen molar-refractivity contribution in [1.82, 2.24) is 9.80 Å². The number of carbonyl (C=O) groups is 1. The van der Waals surface area contributed by atoms with Gasteiger partial charge in [0.05, 0.1) is 6.10 Å². The largest absolute Gasteiger partial charge is 0.391 e. The molecule has 1 aliphatic heterocycles. The Morgan fingerprint density at radius 1 is 1.10 bits per heavy atom. The van der Waals surface area contributed by atoms with E-state index in [0.717, 1.165) is 45.4 Å². The number of aliphatic hydroxyl groups excluding tert-OH is 1. The highest BCUT2D eigenvalue weighted by atomic mass is 35.5. The molecule has 1 N–H and O–H groups in total. The first kappa shape index (κ1) is 14.8. The van der Waals surface area contributed by atoms with Crippen molar-refractivity contribution in [1.29, 1.82) is 0 Å². The fourth-order valence-electron chi connectivity index (χ4n) is 3.38. The molecule has 0 bridgehead atoms. The number of hydrogen-bond acceptors (Lipinski definition) is 3. The van der Waals surface area contributed by atoms with E-state index in [1.807, 2.05) is 4.90 Å². The fraction of sp³-hybridized carbons (Fsp3) is 0.562. The van der Waals surface area contributed by atoms with Crippen molar-refractivity contribution in [3.8, 4) is 0 Å². The van der Waals surface area contributed by atoms with Crippen LogP contribution in [-0.4, -0.2) is 59.1 Å². The van der Waals surface area contributed by atoms with Crippen LogP contribution >= 0.6 is 11.6 Å². The molecule has 1 saturated carbocycles. The van der Waals surface area contributed by atoms with Crippen LogP contribution < -0.4 is 0 Å². The van der Waals surface area contributed by atoms with E-state index < -0.39 is 0 Å². The van der Waals surface area contributed by atoms with Crippen LogP contribution in [0.1, 0.15) is 29.6 Å². The summed E-state index contributed by atoms with van der Waals surface area (Å²) in [6.07, 6.45) is 2.90. The van der Waals surface area contributed by atoms with Gasteiger partial charge in [0.1, 0.15) is 0 Å². The molecule has 2 aliphatic rings. The minimum absolute atomic E-state index is 0.0679. The normalized spacial score (nSPS) is 27.0. The molecule has 1 aliphatic carbocycles. The van der Waals surface area contributed by atoms with Crippen LogP contribution in [0.25, 0.3) is 0 Å². The van der Waals surface area contributed by atoms with Gasteiger partial charge in [-0.3, -0.25) is 9.69 Å². The van der Waals surface area contributed by atoms with Crippen molar-refractivity contribution in [3.05, 3.63) is 34.9 Å². The summed E-state index contributed by atoms with van der Waals surface area (Å²) < 4.78 is 0. The number of benzene rings is 1. The SMILES string of the molecule is O=C(c1ccc(Cl)cc1)N1CCN([C@@H]2CCC[C@H]2O)CC1. The molecule has 21 heavy (non-hydrogen) atoms.